The number of nitrogens with zero attached hydrogens (tertiary/aromatic N) is 2. The Morgan fingerprint density at radius 1 is 1.07 bits per heavy atom. The van der Waals surface area contributed by atoms with Crippen molar-refractivity contribution in [1.29, 1.82) is 0 Å². The van der Waals surface area contributed by atoms with Crippen LogP contribution >= 0.6 is 11.3 Å². The van der Waals surface area contributed by atoms with E-state index in [0.29, 0.717) is 6.54 Å². The van der Waals surface area contributed by atoms with Crippen molar-refractivity contribution in [2.45, 2.75) is 19.9 Å². The van der Waals surface area contributed by atoms with E-state index in [2.05, 4.69) is 52.2 Å². The van der Waals surface area contributed by atoms with Crippen LogP contribution < -0.4 is 15.4 Å². The summed E-state index contributed by atoms with van der Waals surface area (Å²) in [5, 5.41) is 9.78. The van der Waals surface area contributed by atoms with Crippen molar-refractivity contribution in [1.82, 2.24) is 15.6 Å². The van der Waals surface area contributed by atoms with E-state index in [9.17, 15) is 0 Å². The summed E-state index contributed by atoms with van der Waals surface area (Å²) >= 11 is 1.64. The molecule has 0 radical (unpaired) electrons. The third-order valence-electron chi connectivity index (χ3n) is 4.20. The minimum Gasteiger partial charge on any atom is -0.497 e. The Bertz CT molecular complexity index is 875. The first-order valence-electron chi connectivity index (χ1n) is 9.43. The van der Waals surface area contributed by atoms with Crippen molar-refractivity contribution in [3.8, 4) is 17.0 Å². The predicted octanol–water partition coefficient (Wildman–Crippen LogP) is 4.12. The molecule has 0 fully saturated rings. The number of hydrogen-bond donors (Lipinski definition) is 2. The average molecular weight is 395 g/mol. The Kier molecular flexibility index (Phi) is 7.44. The van der Waals surface area contributed by atoms with E-state index in [1.54, 1.807) is 18.4 Å². The molecule has 0 unspecified atom stereocenters. The van der Waals surface area contributed by atoms with Crippen LogP contribution in [0.4, 0.5) is 0 Å². The summed E-state index contributed by atoms with van der Waals surface area (Å²) in [6.07, 6.45) is 0.920. The Labute approximate surface area is 170 Å². The monoisotopic (exact) mass is 394 g/mol. The molecule has 3 rings (SSSR count). The summed E-state index contributed by atoms with van der Waals surface area (Å²) < 4.78 is 5.20. The van der Waals surface area contributed by atoms with Gasteiger partial charge < -0.3 is 15.4 Å². The van der Waals surface area contributed by atoms with Crippen molar-refractivity contribution in [3.63, 3.8) is 0 Å². The Hall–Kier alpha value is -2.86. The molecule has 2 N–H and O–H groups in total. The fourth-order valence-electron chi connectivity index (χ4n) is 2.73. The maximum atomic E-state index is 5.20. The second kappa shape index (κ2) is 10.5. The molecule has 146 valence electrons. The molecular formula is C22H26N4OS. The number of rotatable bonds is 8. The van der Waals surface area contributed by atoms with Gasteiger partial charge in [0.15, 0.2) is 5.96 Å². The van der Waals surface area contributed by atoms with Gasteiger partial charge in [0.1, 0.15) is 10.8 Å². The zero-order valence-corrected chi connectivity index (χ0v) is 17.1. The lowest BCUT2D eigenvalue weighted by Gasteiger charge is -2.11. The van der Waals surface area contributed by atoms with E-state index < -0.39 is 0 Å². The molecule has 0 amide bonds. The summed E-state index contributed by atoms with van der Waals surface area (Å²) in [6, 6.07) is 18.4. The quantitative estimate of drug-likeness (QED) is 0.446. The van der Waals surface area contributed by atoms with E-state index in [4.69, 9.17) is 9.72 Å². The predicted molar refractivity (Wildman–Crippen MR) is 117 cm³/mol. The van der Waals surface area contributed by atoms with Gasteiger partial charge >= 0.3 is 0 Å². The van der Waals surface area contributed by atoms with Crippen LogP contribution in [0.2, 0.25) is 0 Å². The number of guanidine groups is 1. The van der Waals surface area contributed by atoms with Crippen LogP contribution in [0.25, 0.3) is 11.3 Å². The lowest BCUT2D eigenvalue weighted by molar-refractivity contribution is 0.414. The number of ether oxygens (including phenoxy) is 1. The largest absolute Gasteiger partial charge is 0.497 e. The summed E-state index contributed by atoms with van der Waals surface area (Å²) in [5.41, 5.74) is 3.41. The molecule has 0 spiro atoms. The van der Waals surface area contributed by atoms with Gasteiger partial charge in [-0.05, 0) is 31.0 Å². The smallest absolute Gasteiger partial charge is 0.191 e. The molecule has 0 aliphatic rings. The zero-order valence-electron chi connectivity index (χ0n) is 16.3. The molecule has 2 aromatic carbocycles. The molecular weight excluding hydrogens is 368 g/mol. The van der Waals surface area contributed by atoms with Crippen molar-refractivity contribution in [3.05, 3.63) is 70.5 Å². The van der Waals surface area contributed by atoms with Crippen molar-refractivity contribution >= 4 is 17.3 Å². The lowest BCUT2D eigenvalue weighted by atomic mass is 10.1. The third-order valence-corrected chi connectivity index (χ3v) is 5.04. The molecule has 0 bridgehead atoms. The van der Waals surface area contributed by atoms with Gasteiger partial charge in [0.2, 0.25) is 0 Å². The van der Waals surface area contributed by atoms with Gasteiger partial charge in [-0.3, -0.25) is 0 Å². The molecule has 28 heavy (non-hydrogen) atoms. The van der Waals surface area contributed by atoms with Crippen LogP contribution in [0, 0.1) is 0 Å². The maximum absolute atomic E-state index is 5.20. The fourth-order valence-corrected chi connectivity index (χ4v) is 3.46. The number of methoxy groups -OCH3 is 1. The number of aliphatic imine (C=N–C) groups is 1. The van der Waals surface area contributed by atoms with Gasteiger partial charge in [-0.25, -0.2) is 9.98 Å². The molecule has 0 aliphatic carbocycles. The lowest BCUT2D eigenvalue weighted by Crippen LogP contribution is -2.38. The van der Waals surface area contributed by atoms with E-state index in [-0.39, 0.29) is 0 Å². The van der Waals surface area contributed by atoms with Crippen LogP contribution in [-0.2, 0) is 13.0 Å². The summed E-state index contributed by atoms with van der Waals surface area (Å²) in [4.78, 5) is 9.37. The van der Waals surface area contributed by atoms with E-state index in [0.717, 1.165) is 47.5 Å². The maximum Gasteiger partial charge on any atom is 0.191 e. The SMILES string of the molecule is CCNC(=NCc1nc(-c2ccccc2)cs1)NCCc1ccc(OC)cc1. The van der Waals surface area contributed by atoms with Crippen LogP contribution in [0.3, 0.4) is 0 Å². The van der Waals surface area contributed by atoms with Gasteiger partial charge in [-0.1, -0.05) is 42.5 Å². The molecule has 1 aromatic heterocycles. The number of nitrogens with one attached hydrogen (secondary N) is 2. The number of benzene rings is 2. The highest BCUT2D eigenvalue weighted by Crippen LogP contribution is 2.21. The highest BCUT2D eigenvalue weighted by atomic mass is 32.1. The standard InChI is InChI=1S/C22H26N4OS/c1-3-23-22(24-14-13-17-9-11-19(27-2)12-10-17)25-15-21-26-20(16-28-21)18-7-5-4-6-8-18/h4-12,16H,3,13-15H2,1-2H3,(H2,23,24,25). The van der Waals surface area contributed by atoms with E-state index in [1.807, 2.05) is 30.3 Å². The molecule has 0 saturated carbocycles. The van der Waals surface area contributed by atoms with Crippen LogP contribution in [0.5, 0.6) is 5.75 Å². The number of aromatic nitrogens is 1. The second-order valence-electron chi connectivity index (χ2n) is 6.21. The molecule has 5 nitrogen and oxygen atoms in total. The second-order valence-corrected chi connectivity index (χ2v) is 7.16. The third kappa shape index (κ3) is 5.82. The first-order valence-corrected chi connectivity index (χ1v) is 10.3. The minimum absolute atomic E-state index is 0.565. The van der Waals surface area contributed by atoms with E-state index in [1.165, 1.54) is 5.56 Å². The number of thiazole rings is 1. The molecule has 3 aromatic rings. The Morgan fingerprint density at radius 3 is 2.57 bits per heavy atom. The van der Waals surface area contributed by atoms with Gasteiger partial charge in [0, 0.05) is 24.0 Å². The first-order chi connectivity index (χ1) is 13.8. The van der Waals surface area contributed by atoms with Crippen molar-refractivity contribution in [2.75, 3.05) is 20.2 Å². The van der Waals surface area contributed by atoms with E-state index >= 15 is 0 Å². The van der Waals surface area contributed by atoms with Gasteiger partial charge in [-0.15, -0.1) is 11.3 Å². The number of hydrogen-bond acceptors (Lipinski definition) is 4. The minimum atomic E-state index is 0.565. The molecule has 6 heteroatoms. The average Bonchev–Trinajstić information content (AvgIpc) is 3.22. The van der Waals surface area contributed by atoms with Gasteiger partial charge in [0.25, 0.3) is 0 Å². The highest BCUT2D eigenvalue weighted by molar-refractivity contribution is 7.09. The molecule has 0 aliphatic heterocycles. The fraction of sp³-hybridized carbons (Fsp3) is 0.273. The zero-order chi connectivity index (χ0) is 19.6. The summed E-state index contributed by atoms with van der Waals surface area (Å²) in [6.45, 7) is 4.26. The topological polar surface area (TPSA) is 58.5 Å². The summed E-state index contributed by atoms with van der Waals surface area (Å²) in [5.74, 6) is 1.69. The van der Waals surface area contributed by atoms with Crippen molar-refractivity contribution < 1.29 is 4.74 Å². The Balaban J connectivity index is 1.54. The first kappa shape index (κ1) is 19.9. The van der Waals surface area contributed by atoms with Gasteiger partial charge in [0.05, 0.1) is 19.3 Å². The van der Waals surface area contributed by atoms with Crippen LogP contribution in [0.1, 0.15) is 17.5 Å². The van der Waals surface area contributed by atoms with Gasteiger partial charge in [-0.2, -0.15) is 0 Å². The molecule has 1 heterocycles. The van der Waals surface area contributed by atoms with Crippen LogP contribution in [-0.4, -0.2) is 31.1 Å². The Morgan fingerprint density at radius 2 is 1.86 bits per heavy atom. The molecule has 0 saturated heterocycles. The summed E-state index contributed by atoms with van der Waals surface area (Å²) in [7, 11) is 1.68. The highest BCUT2D eigenvalue weighted by Gasteiger charge is 2.05. The normalized spacial score (nSPS) is 11.3. The molecule has 0 atom stereocenters. The van der Waals surface area contributed by atoms with Crippen molar-refractivity contribution in [2.24, 2.45) is 4.99 Å². The van der Waals surface area contributed by atoms with Crippen LogP contribution in [0.15, 0.2) is 65.0 Å².